The van der Waals surface area contributed by atoms with Gasteiger partial charge in [-0.3, -0.25) is 0 Å². The van der Waals surface area contributed by atoms with Crippen molar-refractivity contribution >= 4 is 10.0 Å². The van der Waals surface area contributed by atoms with Crippen LogP contribution >= 0.6 is 0 Å². The van der Waals surface area contributed by atoms with E-state index in [0.717, 1.165) is 0 Å². The molecule has 66 valence electrons. The molecule has 11 heavy (non-hydrogen) atoms. The molecule has 1 aliphatic heterocycles. The van der Waals surface area contributed by atoms with E-state index >= 15 is 0 Å². The quantitative estimate of drug-likeness (QED) is 0.634. The van der Waals surface area contributed by atoms with Crippen molar-refractivity contribution in [1.29, 1.82) is 0 Å². The fourth-order valence-electron chi connectivity index (χ4n) is 1.16. The van der Waals surface area contributed by atoms with E-state index in [2.05, 4.69) is 4.72 Å². The molecule has 1 fully saturated rings. The molecule has 0 saturated carbocycles. The molecule has 0 bridgehead atoms. The van der Waals surface area contributed by atoms with E-state index in [9.17, 15) is 8.42 Å². The number of rotatable bonds is 2. The summed E-state index contributed by atoms with van der Waals surface area (Å²) in [7, 11) is -1.68. The second-order valence-corrected chi connectivity index (χ2v) is 4.92. The summed E-state index contributed by atoms with van der Waals surface area (Å²) in [6, 6.07) is 0. The summed E-state index contributed by atoms with van der Waals surface area (Å²) in [5, 5.41) is -0.359. The third-order valence-corrected chi connectivity index (χ3v) is 3.66. The summed E-state index contributed by atoms with van der Waals surface area (Å²) in [5.74, 6) is 0. The summed E-state index contributed by atoms with van der Waals surface area (Å²) in [6.07, 6.45) is 0.673. The van der Waals surface area contributed by atoms with Crippen molar-refractivity contribution in [2.24, 2.45) is 0 Å². The highest BCUT2D eigenvalue weighted by atomic mass is 32.2. The Labute approximate surface area is 67.0 Å². The zero-order valence-corrected chi connectivity index (χ0v) is 7.52. The van der Waals surface area contributed by atoms with Crippen molar-refractivity contribution in [2.75, 3.05) is 13.7 Å². The number of ether oxygens (including phenoxy) is 1. The van der Waals surface area contributed by atoms with E-state index in [-0.39, 0.29) is 11.4 Å². The lowest BCUT2D eigenvalue weighted by atomic mass is 10.3. The average molecular weight is 179 g/mol. The van der Waals surface area contributed by atoms with Crippen LogP contribution in [-0.4, -0.2) is 33.4 Å². The van der Waals surface area contributed by atoms with E-state index in [1.807, 2.05) is 6.92 Å². The topological polar surface area (TPSA) is 55.4 Å². The molecular formula is C6H13NO3S. The van der Waals surface area contributed by atoms with Gasteiger partial charge in [0.25, 0.3) is 0 Å². The van der Waals surface area contributed by atoms with Crippen LogP contribution in [0.2, 0.25) is 0 Å². The van der Waals surface area contributed by atoms with Crippen LogP contribution in [0, 0.1) is 0 Å². The first kappa shape index (κ1) is 8.96. The van der Waals surface area contributed by atoms with Crippen LogP contribution in [0.5, 0.6) is 0 Å². The predicted octanol–water partition coefficient (Wildman–Crippen LogP) is -0.287. The predicted molar refractivity (Wildman–Crippen MR) is 41.8 cm³/mol. The Morgan fingerprint density at radius 1 is 1.55 bits per heavy atom. The molecule has 2 atom stereocenters. The molecule has 0 radical (unpaired) electrons. The number of hydrogen-bond acceptors (Lipinski definition) is 3. The number of sulfonamides is 1. The molecule has 0 amide bonds. The lowest BCUT2D eigenvalue weighted by Gasteiger charge is -2.06. The smallest absolute Gasteiger partial charge is 0.216 e. The molecule has 0 aromatic carbocycles. The molecule has 1 heterocycles. The van der Waals surface area contributed by atoms with E-state index in [1.54, 1.807) is 0 Å². The van der Waals surface area contributed by atoms with E-state index in [4.69, 9.17) is 4.74 Å². The van der Waals surface area contributed by atoms with E-state index in [0.29, 0.717) is 13.0 Å². The molecule has 0 spiro atoms. The third-order valence-electron chi connectivity index (χ3n) is 1.88. The van der Waals surface area contributed by atoms with E-state index in [1.165, 1.54) is 7.05 Å². The van der Waals surface area contributed by atoms with Crippen molar-refractivity contribution in [1.82, 2.24) is 4.72 Å². The summed E-state index contributed by atoms with van der Waals surface area (Å²) in [4.78, 5) is 0. The van der Waals surface area contributed by atoms with Crippen molar-refractivity contribution < 1.29 is 13.2 Å². The molecule has 0 aliphatic carbocycles. The van der Waals surface area contributed by atoms with Crippen molar-refractivity contribution in [2.45, 2.75) is 24.7 Å². The van der Waals surface area contributed by atoms with Gasteiger partial charge in [-0.15, -0.1) is 0 Å². The molecule has 0 aromatic rings. The molecular weight excluding hydrogens is 166 g/mol. The maximum absolute atomic E-state index is 11.2. The average Bonchev–Trinajstić information content (AvgIpc) is 2.36. The molecule has 4 nitrogen and oxygen atoms in total. The fraction of sp³-hybridized carbons (Fsp3) is 1.00. The Balaban J connectivity index is 2.64. The van der Waals surface area contributed by atoms with Crippen LogP contribution in [0.4, 0.5) is 0 Å². The summed E-state index contributed by atoms with van der Waals surface area (Å²) in [5.41, 5.74) is 0. The lowest BCUT2D eigenvalue weighted by molar-refractivity contribution is 0.125. The van der Waals surface area contributed by atoms with Crippen LogP contribution in [0.15, 0.2) is 0 Å². The fourth-order valence-corrected chi connectivity index (χ4v) is 2.28. The summed E-state index contributed by atoms with van der Waals surface area (Å²) in [6.45, 7) is 2.20. The van der Waals surface area contributed by atoms with Crippen LogP contribution in [0.3, 0.4) is 0 Å². The Morgan fingerprint density at radius 2 is 2.18 bits per heavy atom. The third kappa shape index (κ3) is 1.91. The van der Waals surface area contributed by atoms with Gasteiger partial charge in [-0.1, -0.05) is 0 Å². The zero-order chi connectivity index (χ0) is 8.48. The van der Waals surface area contributed by atoms with Crippen LogP contribution in [-0.2, 0) is 14.8 Å². The number of nitrogens with one attached hydrogen (secondary N) is 1. The van der Waals surface area contributed by atoms with Gasteiger partial charge in [-0.05, 0) is 20.4 Å². The SMILES string of the molecule is CNS(=O)(=O)C1COC(C)C1. The number of hydrogen-bond donors (Lipinski definition) is 1. The standard InChI is InChI=1S/C6H13NO3S/c1-5-3-6(4-10-5)11(8,9)7-2/h5-7H,3-4H2,1-2H3. The van der Waals surface area contributed by atoms with Gasteiger partial charge >= 0.3 is 0 Å². The Kier molecular flexibility index (Phi) is 2.51. The molecule has 1 saturated heterocycles. The highest BCUT2D eigenvalue weighted by molar-refractivity contribution is 7.90. The maximum atomic E-state index is 11.2. The van der Waals surface area contributed by atoms with Crippen molar-refractivity contribution in [3.8, 4) is 0 Å². The molecule has 1 rings (SSSR count). The minimum absolute atomic E-state index is 0.0723. The first-order valence-corrected chi connectivity index (χ1v) is 5.15. The van der Waals surface area contributed by atoms with Gasteiger partial charge in [-0.25, -0.2) is 13.1 Å². The lowest BCUT2D eigenvalue weighted by Crippen LogP contribution is -2.32. The van der Waals surface area contributed by atoms with Gasteiger partial charge in [0.2, 0.25) is 10.0 Å². The van der Waals surface area contributed by atoms with Gasteiger partial charge in [-0.2, -0.15) is 0 Å². The second kappa shape index (κ2) is 3.08. The van der Waals surface area contributed by atoms with Gasteiger partial charge in [0, 0.05) is 0 Å². The minimum atomic E-state index is -3.11. The largest absolute Gasteiger partial charge is 0.377 e. The highest BCUT2D eigenvalue weighted by Crippen LogP contribution is 2.17. The zero-order valence-electron chi connectivity index (χ0n) is 6.70. The van der Waals surface area contributed by atoms with Gasteiger partial charge in [0.05, 0.1) is 12.7 Å². The Morgan fingerprint density at radius 3 is 2.55 bits per heavy atom. The summed E-state index contributed by atoms with van der Waals surface area (Å²) >= 11 is 0. The molecule has 1 N–H and O–H groups in total. The van der Waals surface area contributed by atoms with Crippen LogP contribution in [0.25, 0.3) is 0 Å². The molecule has 5 heteroatoms. The van der Waals surface area contributed by atoms with Crippen LogP contribution < -0.4 is 4.72 Å². The minimum Gasteiger partial charge on any atom is -0.377 e. The van der Waals surface area contributed by atoms with E-state index < -0.39 is 10.0 Å². The molecule has 0 aromatic heterocycles. The first-order chi connectivity index (χ1) is 5.06. The maximum Gasteiger partial charge on any atom is 0.216 e. The van der Waals surface area contributed by atoms with Crippen molar-refractivity contribution in [3.05, 3.63) is 0 Å². The Bertz CT molecular complexity index is 224. The monoisotopic (exact) mass is 179 g/mol. The first-order valence-electron chi connectivity index (χ1n) is 3.60. The highest BCUT2D eigenvalue weighted by Gasteiger charge is 2.31. The molecule has 2 unspecified atom stereocenters. The van der Waals surface area contributed by atoms with Gasteiger partial charge in [0.1, 0.15) is 5.25 Å². The second-order valence-electron chi connectivity index (χ2n) is 2.75. The Hall–Kier alpha value is -0.130. The van der Waals surface area contributed by atoms with Crippen molar-refractivity contribution in [3.63, 3.8) is 0 Å². The van der Waals surface area contributed by atoms with Crippen LogP contribution in [0.1, 0.15) is 13.3 Å². The molecule has 1 aliphatic rings. The summed E-state index contributed by atoms with van der Waals surface area (Å²) < 4.78 is 29.7. The van der Waals surface area contributed by atoms with Gasteiger partial charge in [0.15, 0.2) is 0 Å². The normalized spacial score (nSPS) is 32.5. The van der Waals surface area contributed by atoms with Gasteiger partial charge < -0.3 is 4.74 Å².